The number of carbonyl (C=O) groups is 1. The quantitative estimate of drug-likeness (QED) is 0.797. The largest absolute Gasteiger partial charge is 0.493 e. The average molecular weight is 376 g/mol. The maximum Gasteiger partial charge on any atom is 0.387 e. The number of alkyl halides is 2. The van der Waals surface area contributed by atoms with Crippen LogP contribution in [0, 0.1) is 0 Å². The summed E-state index contributed by atoms with van der Waals surface area (Å²) in [6.07, 6.45) is 0.326. The summed E-state index contributed by atoms with van der Waals surface area (Å²) in [6.45, 7) is 1.05. The molecule has 0 spiro atoms. The maximum absolute atomic E-state index is 13.1. The molecule has 0 bridgehead atoms. The van der Waals surface area contributed by atoms with E-state index in [9.17, 15) is 13.6 Å². The standard InChI is InChI=1S/C20H22F2N2O3/c1-4-12(2)24-18(23-15-8-6-5-7-14(15)19(24)25)13-9-10-16(27-20(21)22)17(11-13)26-3/h5-12,18,20,23H,4H2,1-3H3/t12-,18-/m1/s1. The van der Waals surface area contributed by atoms with Gasteiger partial charge in [0, 0.05) is 11.7 Å². The van der Waals surface area contributed by atoms with Crippen molar-refractivity contribution in [2.24, 2.45) is 0 Å². The molecular formula is C20H22F2N2O3. The molecule has 3 rings (SSSR count). The van der Waals surface area contributed by atoms with Crippen LogP contribution in [0.1, 0.15) is 42.4 Å². The van der Waals surface area contributed by atoms with Gasteiger partial charge in [-0.1, -0.05) is 25.1 Å². The highest BCUT2D eigenvalue weighted by Crippen LogP contribution is 2.38. The first-order valence-electron chi connectivity index (χ1n) is 8.77. The van der Waals surface area contributed by atoms with Gasteiger partial charge >= 0.3 is 6.61 Å². The molecule has 0 saturated carbocycles. The first-order valence-corrected chi connectivity index (χ1v) is 8.77. The predicted octanol–water partition coefficient (Wildman–Crippen LogP) is 4.66. The number of fused-ring (bicyclic) bond motifs is 1. The summed E-state index contributed by atoms with van der Waals surface area (Å²) in [5, 5.41) is 3.38. The lowest BCUT2D eigenvalue weighted by Gasteiger charge is -2.41. The van der Waals surface area contributed by atoms with E-state index in [1.807, 2.05) is 32.0 Å². The molecular weight excluding hydrogens is 354 g/mol. The summed E-state index contributed by atoms with van der Waals surface area (Å²) in [5.74, 6) is 0.0643. The van der Waals surface area contributed by atoms with Crippen LogP contribution in [-0.2, 0) is 0 Å². The topological polar surface area (TPSA) is 50.8 Å². The summed E-state index contributed by atoms with van der Waals surface area (Å²) in [6, 6.07) is 12.0. The molecule has 0 radical (unpaired) electrons. The second-order valence-corrected chi connectivity index (χ2v) is 6.35. The fraction of sp³-hybridized carbons (Fsp3) is 0.350. The SMILES string of the molecule is CC[C@@H](C)N1C(=O)c2ccccc2N[C@H]1c1ccc(OC(F)F)c(OC)c1. The van der Waals surface area contributed by atoms with Crippen LogP contribution in [-0.4, -0.2) is 30.6 Å². The highest BCUT2D eigenvalue weighted by molar-refractivity contribution is 6.01. The molecule has 1 heterocycles. The molecule has 2 aromatic rings. The number of halogens is 2. The summed E-state index contributed by atoms with van der Waals surface area (Å²) >= 11 is 0. The molecule has 0 saturated heterocycles. The molecule has 1 aliphatic heterocycles. The Balaban J connectivity index is 2.04. The van der Waals surface area contributed by atoms with Crippen molar-refractivity contribution in [3.05, 3.63) is 53.6 Å². The number of nitrogens with one attached hydrogen (secondary N) is 1. The zero-order valence-corrected chi connectivity index (χ0v) is 15.4. The van der Waals surface area contributed by atoms with E-state index in [2.05, 4.69) is 10.1 Å². The lowest BCUT2D eigenvalue weighted by molar-refractivity contribution is -0.0512. The molecule has 2 aromatic carbocycles. The molecule has 27 heavy (non-hydrogen) atoms. The van der Waals surface area contributed by atoms with Crippen molar-refractivity contribution in [1.82, 2.24) is 4.90 Å². The Morgan fingerprint density at radius 3 is 2.59 bits per heavy atom. The van der Waals surface area contributed by atoms with Gasteiger partial charge in [-0.15, -0.1) is 0 Å². The lowest BCUT2D eigenvalue weighted by Crippen LogP contribution is -2.47. The Morgan fingerprint density at radius 2 is 1.93 bits per heavy atom. The zero-order chi connectivity index (χ0) is 19.6. The Hall–Kier alpha value is -2.83. The van der Waals surface area contributed by atoms with Crippen molar-refractivity contribution in [3.8, 4) is 11.5 Å². The fourth-order valence-electron chi connectivity index (χ4n) is 3.21. The molecule has 0 unspecified atom stereocenters. The number of amides is 1. The first-order chi connectivity index (χ1) is 13.0. The van der Waals surface area contributed by atoms with Crippen molar-refractivity contribution in [1.29, 1.82) is 0 Å². The monoisotopic (exact) mass is 376 g/mol. The maximum atomic E-state index is 13.1. The van der Waals surface area contributed by atoms with Crippen LogP contribution >= 0.6 is 0 Å². The van der Waals surface area contributed by atoms with Gasteiger partial charge in [0.25, 0.3) is 5.91 Å². The minimum absolute atomic E-state index is 0.0219. The van der Waals surface area contributed by atoms with Crippen LogP contribution in [0.25, 0.3) is 0 Å². The Labute approximate surface area is 156 Å². The van der Waals surface area contributed by atoms with Crippen molar-refractivity contribution in [3.63, 3.8) is 0 Å². The van der Waals surface area contributed by atoms with Gasteiger partial charge in [0.15, 0.2) is 11.5 Å². The number of rotatable bonds is 6. The predicted molar refractivity (Wildman–Crippen MR) is 98.4 cm³/mol. The third-order valence-corrected chi connectivity index (χ3v) is 4.75. The molecule has 0 aromatic heterocycles. The van der Waals surface area contributed by atoms with E-state index < -0.39 is 12.8 Å². The second kappa shape index (κ2) is 7.82. The molecule has 0 aliphatic carbocycles. The van der Waals surface area contributed by atoms with Crippen molar-refractivity contribution in [2.75, 3.05) is 12.4 Å². The summed E-state index contributed by atoms with van der Waals surface area (Å²) < 4.78 is 34.9. The van der Waals surface area contributed by atoms with Crippen molar-refractivity contribution in [2.45, 2.75) is 39.1 Å². The van der Waals surface area contributed by atoms with Crippen molar-refractivity contribution >= 4 is 11.6 Å². The lowest BCUT2D eigenvalue weighted by atomic mass is 10.0. The summed E-state index contributed by atoms with van der Waals surface area (Å²) in [7, 11) is 1.39. The van der Waals surface area contributed by atoms with Crippen LogP contribution in [0.5, 0.6) is 11.5 Å². The highest BCUT2D eigenvalue weighted by Gasteiger charge is 2.35. The van der Waals surface area contributed by atoms with Crippen LogP contribution in [0.4, 0.5) is 14.5 Å². The molecule has 1 N–H and O–H groups in total. The van der Waals surface area contributed by atoms with Gasteiger partial charge in [0.05, 0.1) is 12.7 Å². The molecule has 0 fully saturated rings. The van der Waals surface area contributed by atoms with E-state index in [0.717, 1.165) is 17.7 Å². The molecule has 144 valence electrons. The number of anilines is 1. The molecule has 7 heteroatoms. The van der Waals surface area contributed by atoms with Crippen LogP contribution < -0.4 is 14.8 Å². The first kappa shape index (κ1) is 18.9. The van der Waals surface area contributed by atoms with E-state index in [-0.39, 0.29) is 23.4 Å². The summed E-state index contributed by atoms with van der Waals surface area (Å²) in [5.41, 5.74) is 2.06. The van der Waals surface area contributed by atoms with E-state index in [0.29, 0.717) is 5.56 Å². The van der Waals surface area contributed by atoms with Gasteiger partial charge in [-0.25, -0.2) is 0 Å². The molecule has 5 nitrogen and oxygen atoms in total. The Bertz CT molecular complexity index is 829. The number of benzene rings is 2. The third-order valence-electron chi connectivity index (χ3n) is 4.75. The van der Waals surface area contributed by atoms with Gasteiger partial charge in [-0.3, -0.25) is 4.79 Å². The Kier molecular flexibility index (Phi) is 5.48. The fourth-order valence-corrected chi connectivity index (χ4v) is 3.21. The number of para-hydroxylation sites is 1. The summed E-state index contributed by atoms with van der Waals surface area (Å²) in [4.78, 5) is 14.9. The van der Waals surface area contributed by atoms with Crippen LogP contribution in [0.2, 0.25) is 0 Å². The van der Waals surface area contributed by atoms with Crippen LogP contribution in [0.3, 0.4) is 0 Å². The number of hydrogen-bond acceptors (Lipinski definition) is 4. The number of carbonyl (C=O) groups excluding carboxylic acids is 1. The van der Waals surface area contributed by atoms with E-state index >= 15 is 0 Å². The number of methoxy groups -OCH3 is 1. The molecule has 2 atom stereocenters. The molecule has 1 amide bonds. The van der Waals surface area contributed by atoms with E-state index in [4.69, 9.17) is 4.74 Å². The highest BCUT2D eigenvalue weighted by atomic mass is 19.3. The minimum atomic E-state index is -2.94. The normalized spacial score (nSPS) is 17.3. The van der Waals surface area contributed by atoms with Gasteiger partial charge < -0.3 is 19.7 Å². The average Bonchev–Trinajstić information content (AvgIpc) is 2.67. The number of nitrogens with zero attached hydrogens (tertiary/aromatic N) is 1. The van der Waals surface area contributed by atoms with Gasteiger partial charge in [-0.05, 0) is 43.2 Å². The number of ether oxygens (including phenoxy) is 2. The number of hydrogen-bond donors (Lipinski definition) is 1. The third kappa shape index (κ3) is 3.67. The Morgan fingerprint density at radius 1 is 1.19 bits per heavy atom. The minimum Gasteiger partial charge on any atom is -0.493 e. The van der Waals surface area contributed by atoms with Gasteiger partial charge in [-0.2, -0.15) is 8.78 Å². The smallest absolute Gasteiger partial charge is 0.387 e. The van der Waals surface area contributed by atoms with Gasteiger partial charge in [0.2, 0.25) is 0 Å². The molecule has 1 aliphatic rings. The van der Waals surface area contributed by atoms with E-state index in [1.165, 1.54) is 13.2 Å². The second-order valence-electron chi connectivity index (χ2n) is 6.35. The zero-order valence-electron chi connectivity index (χ0n) is 15.4. The van der Waals surface area contributed by atoms with Crippen LogP contribution in [0.15, 0.2) is 42.5 Å². The van der Waals surface area contributed by atoms with E-state index in [1.54, 1.807) is 23.1 Å². The van der Waals surface area contributed by atoms with Gasteiger partial charge in [0.1, 0.15) is 6.17 Å². The van der Waals surface area contributed by atoms with Crippen molar-refractivity contribution < 1.29 is 23.0 Å².